The molecule has 4 bridgehead atoms. The van der Waals surface area contributed by atoms with Crippen molar-refractivity contribution in [3.8, 4) is 0 Å². The van der Waals surface area contributed by atoms with Gasteiger partial charge in [0.25, 0.3) is 0 Å². The molecule has 1 spiro atoms. The number of hydrogen-bond donors (Lipinski definition) is 1. The molecular formula is C33H42O5. The van der Waals surface area contributed by atoms with Crippen molar-refractivity contribution in [3.05, 3.63) is 47.5 Å². The summed E-state index contributed by atoms with van der Waals surface area (Å²) in [5, 5.41) is 11.3. The predicted octanol–water partition coefficient (Wildman–Crippen LogP) is 5.79. The molecule has 6 atom stereocenters. The molecule has 0 aliphatic heterocycles. The average molecular weight is 519 g/mol. The molecule has 0 saturated heterocycles. The smallest absolute Gasteiger partial charge is 0.184 e. The Morgan fingerprint density at radius 3 is 2.13 bits per heavy atom. The van der Waals surface area contributed by atoms with Gasteiger partial charge in [0.2, 0.25) is 0 Å². The van der Waals surface area contributed by atoms with E-state index in [2.05, 4.69) is 13.8 Å². The fourth-order valence-corrected chi connectivity index (χ4v) is 9.57. The number of carbonyl (C=O) groups excluding carboxylic acids is 4. The van der Waals surface area contributed by atoms with Gasteiger partial charge in [0.05, 0.1) is 16.4 Å². The Morgan fingerprint density at radius 2 is 1.58 bits per heavy atom. The number of rotatable bonds is 5. The maximum atomic E-state index is 15.3. The first-order valence-electron chi connectivity index (χ1n) is 14.0. The van der Waals surface area contributed by atoms with Crippen LogP contribution in [-0.4, -0.2) is 33.8 Å². The van der Waals surface area contributed by atoms with Crippen molar-refractivity contribution in [3.63, 3.8) is 0 Å². The number of carbonyl (C=O) groups is 4. The van der Waals surface area contributed by atoms with Crippen LogP contribution in [0, 0.1) is 44.8 Å². The third-order valence-corrected chi connectivity index (χ3v) is 11.5. The van der Waals surface area contributed by atoms with Crippen molar-refractivity contribution < 1.29 is 24.3 Å². The van der Waals surface area contributed by atoms with E-state index < -0.39 is 50.0 Å². The standard InChI is InChI=1S/C33H42O5/c1-19(2)14-15-31-17-21-16-22-28(3,4)23(30(7,8)38)18-32(22,25(31)35)27(37)33(26(31)36,29(21,5)6)24(34)20-12-10-9-11-13-20/h9-14,21-23,38H,15-18H2,1-8H3/t21-,22-,23+,31+,32-,33+/m1/s1. The molecule has 38 heavy (non-hydrogen) atoms. The second kappa shape index (κ2) is 7.84. The molecular weight excluding hydrogens is 476 g/mol. The first-order chi connectivity index (χ1) is 17.4. The lowest BCUT2D eigenvalue weighted by molar-refractivity contribution is -0.181. The molecule has 1 aromatic rings. The zero-order chi connectivity index (χ0) is 28.3. The van der Waals surface area contributed by atoms with E-state index in [1.165, 1.54) is 0 Å². The molecule has 5 aliphatic rings. The maximum Gasteiger partial charge on any atom is 0.184 e. The third kappa shape index (κ3) is 2.92. The Morgan fingerprint density at radius 1 is 0.974 bits per heavy atom. The number of allylic oxidation sites excluding steroid dienone is 2. The molecule has 5 nitrogen and oxygen atoms in total. The van der Waals surface area contributed by atoms with E-state index in [1.807, 2.05) is 33.8 Å². The highest BCUT2D eigenvalue weighted by molar-refractivity contribution is 6.42. The van der Waals surface area contributed by atoms with Gasteiger partial charge in [0, 0.05) is 5.56 Å². The van der Waals surface area contributed by atoms with Crippen molar-refractivity contribution >= 4 is 23.1 Å². The van der Waals surface area contributed by atoms with Gasteiger partial charge < -0.3 is 5.11 Å². The Balaban J connectivity index is 1.89. The number of benzene rings is 1. The highest BCUT2D eigenvalue weighted by Crippen LogP contribution is 2.77. The van der Waals surface area contributed by atoms with Crippen LogP contribution in [0.25, 0.3) is 0 Å². The summed E-state index contributed by atoms with van der Waals surface area (Å²) < 4.78 is 0. The second-order valence-corrected chi connectivity index (χ2v) is 14.6. The molecule has 0 aromatic heterocycles. The van der Waals surface area contributed by atoms with Crippen molar-refractivity contribution in [1.29, 1.82) is 0 Å². The first kappa shape index (κ1) is 27.2. The van der Waals surface area contributed by atoms with Gasteiger partial charge in [-0.15, -0.1) is 0 Å². The molecule has 0 unspecified atom stereocenters. The van der Waals surface area contributed by atoms with Crippen LogP contribution in [0.15, 0.2) is 42.0 Å². The molecule has 0 heterocycles. The monoisotopic (exact) mass is 518 g/mol. The lowest BCUT2D eigenvalue weighted by Gasteiger charge is -2.60. The van der Waals surface area contributed by atoms with Gasteiger partial charge in [-0.3, -0.25) is 19.2 Å². The Labute approximate surface area is 226 Å². The first-order valence-corrected chi connectivity index (χ1v) is 14.0. The summed E-state index contributed by atoms with van der Waals surface area (Å²) in [5.74, 6) is -2.64. The Kier molecular flexibility index (Phi) is 5.60. The van der Waals surface area contributed by atoms with E-state index in [9.17, 15) is 19.5 Å². The second-order valence-electron chi connectivity index (χ2n) is 14.6. The van der Waals surface area contributed by atoms with Crippen LogP contribution >= 0.6 is 0 Å². The number of ketones is 4. The van der Waals surface area contributed by atoms with Crippen LogP contribution in [0.2, 0.25) is 0 Å². The van der Waals surface area contributed by atoms with Gasteiger partial charge in [-0.25, -0.2) is 0 Å². The van der Waals surface area contributed by atoms with Crippen LogP contribution in [0.5, 0.6) is 0 Å². The van der Waals surface area contributed by atoms with E-state index in [4.69, 9.17) is 0 Å². The van der Waals surface area contributed by atoms with Gasteiger partial charge in [-0.05, 0) is 82.0 Å². The van der Waals surface area contributed by atoms with Crippen molar-refractivity contribution in [2.45, 2.75) is 86.7 Å². The molecule has 5 saturated carbocycles. The fraction of sp³-hybridized carbons (Fsp3) is 0.636. The van der Waals surface area contributed by atoms with Crippen LogP contribution in [0.4, 0.5) is 0 Å². The third-order valence-electron chi connectivity index (χ3n) is 11.5. The van der Waals surface area contributed by atoms with E-state index >= 15 is 4.79 Å². The molecule has 1 N–H and O–H groups in total. The number of aliphatic hydroxyl groups is 1. The Hall–Kier alpha value is -2.40. The van der Waals surface area contributed by atoms with Gasteiger partial charge in [0.1, 0.15) is 0 Å². The normalized spacial score (nSPS) is 38.7. The van der Waals surface area contributed by atoms with Crippen molar-refractivity contribution in [2.75, 3.05) is 0 Å². The topological polar surface area (TPSA) is 88.5 Å². The van der Waals surface area contributed by atoms with Crippen molar-refractivity contribution in [2.24, 2.45) is 44.8 Å². The number of hydrogen-bond acceptors (Lipinski definition) is 5. The quantitative estimate of drug-likeness (QED) is 0.303. The lowest BCUT2D eigenvalue weighted by atomic mass is 9.37. The van der Waals surface area contributed by atoms with Crippen LogP contribution in [0.1, 0.15) is 91.4 Å². The van der Waals surface area contributed by atoms with E-state index in [0.717, 1.165) is 5.57 Å². The predicted molar refractivity (Wildman–Crippen MR) is 145 cm³/mol. The molecule has 5 fully saturated rings. The molecule has 5 aliphatic carbocycles. The van der Waals surface area contributed by atoms with Crippen LogP contribution in [0.3, 0.4) is 0 Å². The number of Topliss-reactive ketones (excluding diaryl/α,β-unsaturated/α-hetero) is 4. The van der Waals surface area contributed by atoms with Crippen LogP contribution < -0.4 is 0 Å². The molecule has 0 amide bonds. The van der Waals surface area contributed by atoms with Gasteiger partial charge in [-0.1, -0.05) is 69.7 Å². The molecule has 5 heteroatoms. The molecule has 1 aromatic carbocycles. The van der Waals surface area contributed by atoms with E-state index in [0.29, 0.717) is 18.4 Å². The lowest BCUT2D eigenvalue weighted by Crippen LogP contribution is -2.75. The summed E-state index contributed by atoms with van der Waals surface area (Å²) in [7, 11) is 0. The Bertz CT molecular complexity index is 1270. The zero-order valence-electron chi connectivity index (χ0n) is 24.1. The van der Waals surface area contributed by atoms with Crippen LogP contribution in [-0.2, 0) is 14.4 Å². The fourth-order valence-electron chi connectivity index (χ4n) is 9.57. The summed E-state index contributed by atoms with van der Waals surface area (Å²) in [6, 6.07) is 8.65. The van der Waals surface area contributed by atoms with E-state index in [1.54, 1.807) is 44.2 Å². The molecule has 204 valence electrons. The zero-order valence-corrected chi connectivity index (χ0v) is 24.1. The summed E-state index contributed by atoms with van der Waals surface area (Å²) in [6.07, 6.45) is 3.25. The largest absolute Gasteiger partial charge is 0.390 e. The summed E-state index contributed by atoms with van der Waals surface area (Å²) >= 11 is 0. The minimum absolute atomic E-state index is 0.169. The minimum Gasteiger partial charge on any atom is -0.390 e. The molecule has 6 rings (SSSR count). The summed E-state index contributed by atoms with van der Waals surface area (Å²) in [6.45, 7) is 15.3. The average Bonchev–Trinajstić information content (AvgIpc) is 2.98. The van der Waals surface area contributed by atoms with Gasteiger partial charge in [0.15, 0.2) is 28.5 Å². The van der Waals surface area contributed by atoms with Gasteiger partial charge >= 0.3 is 0 Å². The summed E-state index contributed by atoms with van der Waals surface area (Å²) in [4.78, 5) is 59.8. The van der Waals surface area contributed by atoms with Gasteiger partial charge in [-0.2, -0.15) is 0 Å². The van der Waals surface area contributed by atoms with E-state index in [-0.39, 0.29) is 36.4 Å². The highest BCUT2D eigenvalue weighted by Gasteiger charge is 2.86. The molecule has 0 radical (unpaired) electrons. The SMILES string of the molecule is CC(C)=CC[C@]12C[C@H]3C[C@@H]4C(C)(C)[C@@H](C(C)(C)O)C[C@@]4(C1=O)C(=O)[C@](C(=O)c1ccccc1)(C2=O)C3(C)C. The van der Waals surface area contributed by atoms with Crippen molar-refractivity contribution in [1.82, 2.24) is 0 Å². The highest BCUT2D eigenvalue weighted by atomic mass is 16.3. The summed E-state index contributed by atoms with van der Waals surface area (Å²) in [5.41, 5.74) is -6.16. The maximum absolute atomic E-state index is 15.3. The minimum atomic E-state index is -1.94.